The minimum atomic E-state index is 0.222. The van der Waals surface area contributed by atoms with Crippen molar-refractivity contribution in [2.24, 2.45) is 5.73 Å². The maximum atomic E-state index is 5.81. The lowest BCUT2D eigenvalue weighted by atomic mass is 10.1. The van der Waals surface area contributed by atoms with Crippen LogP contribution >= 0.6 is 11.6 Å². The van der Waals surface area contributed by atoms with Crippen LogP contribution in [0.3, 0.4) is 0 Å². The normalized spacial score (nSPS) is 12.4. The number of rotatable bonds is 7. The maximum Gasteiger partial charge on any atom is 0.131 e. The summed E-state index contributed by atoms with van der Waals surface area (Å²) < 4.78 is 5.14. The second kappa shape index (κ2) is 7.44. The van der Waals surface area contributed by atoms with Crippen molar-refractivity contribution in [1.29, 1.82) is 0 Å². The van der Waals surface area contributed by atoms with E-state index in [1.807, 2.05) is 12.1 Å². The largest absolute Gasteiger partial charge is 0.383 e. The first-order chi connectivity index (χ1) is 7.76. The van der Waals surface area contributed by atoms with Crippen LogP contribution in [0.25, 0.3) is 0 Å². The van der Waals surface area contributed by atoms with Gasteiger partial charge < -0.3 is 15.8 Å². The highest BCUT2D eigenvalue weighted by molar-refractivity contribution is 6.29. The fourth-order valence-electron chi connectivity index (χ4n) is 1.46. The predicted octanol–water partition coefficient (Wildman–Crippen LogP) is 1.90. The first kappa shape index (κ1) is 13.2. The molecule has 1 heterocycles. The van der Waals surface area contributed by atoms with E-state index in [-0.39, 0.29) is 6.04 Å². The number of halogens is 1. The molecule has 0 aliphatic heterocycles. The standard InChI is InChI=1S/C11H18ClN3O/c1-16-8-9(4-3-7-13)14-11-6-2-5-10(12)15-11/h2,5-6,9H,3-4,7-8,13H2,1H3,(H,14,15). The number of anilines is 1. The summed E-state index contributed by atoms with van der Waals surface area (Å²) in [5.41, 5.74) is 5.49. The van der Waals surface area contributed by atoms with Crippen LogP contribution in [0.15, 0.2) is 18.2 Å². The van der Waals surface area contributed by atoms with Crippen molar-refractivity contribution in [2.45, 2.75) is 18.9 Å². The summed E-state index contributed by atoms with van der Waals surface area (Å²) in [6.45, 7) is 1.32. The minimum Gasteiger partial charge on any atom is -0.383 e. The number of nitrogens with two attached hydrogens (primary N) is 1. The van der Waals surface area contributed by atoms with Gasteiger partial charge in [-0.05, 0) is 31.5 Å². The van der Waals surface area contributed by atoms with Gasteiger partial charge in [-0.2, -0.15) is 0 Å². The number of hydrogen-bond acceptors (Lipinski definition) is 4. The van der Waals surface area contributed by atoms with Gasteiger partial charge in [0, 0.05) is 7.11 Å². The molecule has 16 heavy (non-hydrogen) atoms. The van der Waals surface area contributed by atoms with Crippen LogP contribution in [0.1, 0.15) is 12.8 Å². The minimum absolute atomic E-state index is 0.222. The molecule has 4 nitrogen and oxygen atoms in total. The van der Waals surface area contributed by atoms with Crippen molar-refractivity contribution in [2.75, 3.05) is 25.6 Å². The summed E-state index contributed by atoms with van der Waals surface area (Å²) in [6, 6.07) is 5.72. The van der Waals surface area contributed by atoms with Gasteiger partial charge in [0.25, 0.3) is 0 Å². The second-order valence-corrected chi connectivity index (χ2v) is 3.96. The van der Waals surface area contributed by atoms with Crippen molar-refractivity contribution in [3.8, 4) is 0 Å². The Morgan fingerprint density at radius 1 is 1.56 bits per heavy atom. The highest BCUT2D eigenvalue weighted by Gasteiger charge is 2.08. The van der Waals surface area contributed by atoms with Crippen molar-refractivity contribution in [3.05, 3.63) is 23.4 Å². The van der Waals surface area contributed by atoms with E-state index in [1.165, 1.54) is 0 Å². The van der Waals surface area contributed by atoms with E-state index in [2.05, 4.69) is 10.3 Å². The first-order valence-corrected chi connectivity index (χ1v) is 5.72. The number of nitrogens with one attached hydrogen (secondary N) is 1. The zero-order chi connectivity index (χ0) is 11.8. The number of nitrogens with zero attached hydrogens (tertiary/aromatic N) is 1. The third-order valence-corrected chi connectivity index (χ3v) is 2.40. The predicted molar refractivity (Wildman–Crippen MR) is 66.8 cm³/mol. The fourth-order valence-corrected chi connectivity index (χ4v) is 1.62. The molecule has 0 radical (unpaired) electrons. The van der Waals surface area contributed by atoms with Crippen molar-refractivity contribution in [1.82, 2.24) is 4.98 Å². The lowest BCUT2D eigenvalue weighted by Crippen LogP contribution is -2.26. The van der Waals surface area contributed by atoms with E-state index in [4.69, 9.17) is 22.1 Å². The molecule has 1 rings (SSSR count). The molecular weight excluding hydrogens is 226 g/mol. The molecule has 0 spiro atoms. The second-order valence-electron chi connectivity index (χ2n) is 3.57. The molecule has 0 saturated carbocycles. The highest BCUT2D eigenvalue weighted by Crippen LogP contribution is 2.12. The van der Waals surface area contributed by atoms with Gasteiger partial charge >= 0.3 is 0 Å². The molecule has 0 fully saturated rings. The van der Waals surface area contributed by atoms with E-state index in [1.54, 1.807) is 13.2 Å². The Bertz CT molecular complexity index is 309. The molecule has 0 aliphatic rings. The Morgan fingerprint density at radius 3 is 3.00 bits per heavy atom. The first-order valence-electron chi connectivity index (χ1n) is 5.34. The quantitative estimate of drug-likeness (QED) is 0.719. The van der Waals surface area contributed by atoms with Gasteiger partial charge in [-0.25, -0.2) is 4.98 Å². The number of ether oxygens (including phenoxy) is 1. The van der Waals surface area contributed by atoms with Crippen LogP contribution in [0, 0.1) is 0 Å². The zero-order valence-electron chi connectivity index (χ0n) is 9.45. The lowest BCUT2D eigenvalue weighted by molar-refractivity contribution is 0.182. The van der Waals surface area contributed by atoms with E-state index in [0.29, 0.717) is 18.3 Å². The Kier molecular flexibility index (Phi) is 6.15. The molecule has 0 aliphatic carbocycles. The third kappa shape index (κ3) is 4.79. The number of aromatic nitrogens is 1. The molecule has 90 valence electrons. The molecule has 0 bridgehead atoms. The van der Waals surface area contributed by atoms with Crippen LogP contribution in [0.5, 0.6) is 0 Å². The Morgan fingerprint density at radius 2 is 2.38 bits per heavy atom. The van der Waals surface area contributed by atoms with Crippen LogP contribution in [0.4, 0.5) is 5.82 Å². The average Bonchev–Trinajstić information content (AvgIpc) is 2.26. The van der Waals surface area contributed by atoms with Gasteiger partial charge in [0.15, 0.2) is 0 Å². The van der Waals surface area contributed by atoms with Crippen LogP contribution < -0.4 is 11.1 Å². The molecule has 1 atom stereocenters. The van der Waals surface area contributed by atoms with Gasteiger partial charge in [-0.15, -0.1) is 0 Å². The summed E-state index contributed by atoms with van der Waals surface area (Å²) >= 11 is 5.81. The van der Waals surface area contributed by atoms with Gasteiger partial charge in [-0.3, -0.25) is 0 Å². The summed E-state index contributed by atoms with van der Waals surface area (Å²) in [5.74, 6) is 0.770. The summed E-state index contributed by atoms with van der Waals surface area (Å²) in [5, 5.41) is 3.77. The number of methoxy groups -OCH3 is 1. The Balaban J connectivity index is 2.52. The van der Waals surface area contributed by atoms with Gasteiger partial charge in [0.05, 0.1) is 12.6 Å². The van der Waals surface area contributed by atoms with Crippen molar-refractivity contribution >= 4 is 17.4 Å². The summed E-state index contributed by atoms with van der Waals surface area (Å²) in [7, 11) is 1.68. The summed E-state index contributed by atoms with van der Waals surface area (Å²) in [6.07, 6.45) is 1.92. The monoisotopic (exact) mass is 243 g/mol. The number of hydrogen-bond donors (Lipinski definition) is 2. The van der Waals surface area contributed by atoms with Gasteiger partial charge in [0.1, 0.15) is 11.0 Å². The van der Waals surface area contributed by atoms with Gasteiger partial charge in [0.2, 0.25) is 0 Å². The zero-order valence-corrected chi connectivity index (χ0v) is 10.2. The number of pyridine rings is 1. The molecule has 0 amide bonds. The topological polar surface area (TPSA) is 60.2 Å². The molecule has 0 aromatic carbocycles. The molecule has 1 aromatic heterocycles. The van der Waals surface area contributed by atoms with Crippen LogP contribution in [-0.2, 0) is 4.74 Å². The van der Waals surface area contributed by atoms with E-state index < -0.39 is 0 Å². The van der Waals surface area contributed by atoms with Crippen molar-refractivity contribution in [3.63, 3.8) is 0 Å². The highest BCUT2D eigenvalue weighted by atomic mass is 35.5. The fraction of sp³-hybridized carbons (Fsp3) is 0.545. The van der Waals surface area contributed by atoms with E-state index in [0.717, 1.165) is 18.7 Å². The molecule has 1 unspecified atom stereocenters. The van der Waals surface area contributed by atoms with Crippen LogP contribution in [-0.4, -0.2) is 31.3 Å². The molecule has 5 heteroatoms. The van der Waals surface area contributed by atoms with Crippen molar-refractivity contribution < 1.29 is 4.74 Å². The SMILES string of the molecule is COCC(CCCN)Nc1cccc(Cl)n1. The smallest absolute Gasteiger partial charge is 0.131 e. The summed E-state index contributed by atoms with van der Waals surface area (Å²) in [4.78, 5) is 4.17. The Hall–Kier alpha value is -0.840. The van der Waals surface area contributed by atoms with E-state index >= 15 is 0 Å². The lowest BCUT2D eigenvalue weighted by Gasteiger charge is -2.18. The third-order valence-electron chi connectivity index (χ3n) is 2.19. The van der Waals surface area contributed by atoms with E-state index in [9.17, 15) is 0 Å². The van der Waals surface area contributed by atoms with Crippen LogP contribution in [0.2, 0.25) is 5.15 Å². The maximum absolute atomic E-state index is 5.81. The molecule has 0 saturated heterocycles. The molecule has 1 aromatic rings. The Labute approximate surface area is 101 Å². The average molecular weight is 244 g/mol. The van der Waals surface area contributed by atoms with Gasteiger partial charge in [-0.1, -0.05) is 17.7 Å². The molecule has 3 N–H and O–H groups in total. The molecular formula is C11H18ClN3O.